The van der Waals surface area contributed by atoms with E-state index in [2.05, 4.69) is 34.5 Å². The summed E-state index contributed by atoms with van der Waals surface area (Å²) in [5.74, 6) is 0.395. The number of phenolic OH excluding ortho intramolecular Hbond substituents is 1. The molecule has 0 aliphatic carbocycles. The van der Waals surface area contributed by atoms with Crippen LogP contribution in [0.1, 0.15) is 50.2 Å². The molecule has 12 heteroatoms. The second-order valence-electron chi connectivity index (χ2n) is 14.2. The summed E-state index contributed by atoms with van der Waals surface area (Å²) in [4.78, 5) is 28.0. The Balaban J connectivity index is 1.42. The van der Waals surface area contributed by atoms with Gasteiger partial charge in [0.25, 0.3) is 0 Å². The number of nitriles is 2. The van der Waals surface area contributed by atoms with E-state index in [4.69, 9.17) is 16.1 Å². The summed E-state index contributed by atoms with van der Waals surface area (Å²) in [6, 6.07) is 10.5. The van der Waals surface area contributed by atoms with Crippen LogP contribution in [0.25, 0.3) is 32.8 Å². The number of halogens is 2. The van der Waals surface area contributed by atoms with Gasteiger partial charge in [0.15, 0.2) is 5.82 Å². The first-order valence-electron chi connectivity index (χ1n) is 17.3. The molecule has 3 aliphatic heterocycles. The number of likely N-dealkylation sites (N-methyl/N-ethyl adjacent to an activating group) is 1. The predicted molar refractivity (Wildman–Crippen MR) is 192 cm³/mol. The highest BCUT2D eigenvalue weighted by Crippen LogP contribution is 2.44. The molecule has 3 aliphatic rings. The molecule has 52 heavy (non-hydrogen) atoms. The number of rotatable bonds is 8. The van der Waals surface area contributed by atoms with Gasteiger partial charge in [-0.05, 0) is 93.4 Å². The molecule has 0 saturated carbocycles. The third-order valence-corrected chi connectivity index (χ3v) is 11.3. The molecule has 1 unspecified atom stereocenters. The maximum atomic E-state index is 17.3. The third-order valence-electron chi connectivity index (χ3n) is 11.3. The molecule has 3 saturated heterocycles. The Hall–Kier alpha value is -5.77. The second-order valence-corrected chi connectivity index (χ2v) is 14.2. The molecule has 4 heterocycles. The summed E-state index contributed by atoms with van der Waals surface area (Å²) >= 11 is 0. The number of benzene rings is 3. The predicted octanol–water partition coefficient (Wildman–Crippen LogP) is 6.05. The van der Waals surface area contributed by atoms with Gasteiger partial charge in [-0.2, -0.15) is 20.5 Å². The van der Waals surface area contributed by atoms with Gasteiger partial charge in [0.2, 0.25) is 5.91 Å². The lowest BCUT2D eigenvalue weighted by molar-refractivity contribution is -0.127. The van der Waals surface area contributed by atoms with Crippen molar-refractivity contribution < 1.29 is 23.4 Å². The average Bonchev–Trinajstić information content (AvgIpc) is 3.83. The molecule has 0 spiro atoms. The van der Waals surface area contributed by atoms with Crippen LogP contribution in [-0.2, 0) is 4.79 Å². The lowest BCUT2D eigenvalue weighted by Crippen LogP contribution is -2.47. The lowest BCUT2D eigenvalue weighted by Gasteiger charge is -2.34. The zero-order valence-electron chi connectivity index (χ0n) is 29.0. The maximum absolute atomic E-state index is 17.3. The number of carbonyl (C=O) groups excluding carboxylic acids is 1. The number of terminal acetylenes is 1. The van der Waals surface area contributed by atoms with E-state index in [1.165, 1.54) is 36.4 Å². The number of phenols is 1. The lowest BCUT2D eigenvalue weighted by atomic mass is 9.83. The number of amides is 1. The average molecular weight is 702 g/mol. The Morgan fingerprint density at radius 2 is 1.92 bits per heavy atom. The highest BCUT2D eigenvalue weighted by molar-refractivity contribution is 6.05. The second kappa shape index (κ2) is 13.1. The van der Waals surface area contributed by atoms with Crippen molar-refractivity contribution in [1.29, 1.82) is 10.5 Å². The van der Waals surface area contributed by atoms with E-state index in [1.807, 2.05) is 0 Å². The summed E-state index contributed by atoms with van der Waals surface area (Å²) in [7, 11) is 1.72. The fourth-order valence-corrected chi connectivity index (χ4v) is 8.50. The number of fused-ring (bicyclic) bond motifs is 3. The molecule has 0 radical (unpaired) electrons. The third kappa shape index (κ3) is 5.53. The van der Waals surface area contributed by atoms with Crippen LogP contribution in [0.3, 0.4) is 0 Å². The van der Waals surface area contributed by atoms with Gasteiger partial charge in [-0.3, -0.25) is 9.69 Å². The molecule has 1 aromatic heterocycles. The van der Waals surface area contributed by atoms with Gasteiger partial charge in [-0.1, -0.05) is 18.6 Å². The Morgan fingerprint density at radius 3 is 2.60 bits per heavy atom. The SMILES string of the molecule is C#Cc1c(F)ccc2cc(O)cc(-c3c(C#N)cc4c(N(C)C[C@H]5N(C(=O)C=C)CCC5(C)C#N)nc(OCC56CCCN5CCC6)nc4c3F)c12. The molecule has 7 rings (SSSR count). The molecule has 4 aromatic rings. The quantitative estimate of drug-likeness (QED) is 0.173. The minimum absolute atomic E-state index is 0.0233. The van der Waals surface area contributed by atoms with Crippen molar-refractivity contribution in [1.82, 2.24) is 19.8 Å². The minimum atomic E-state index is -0.914. The fraction of sp³-hybridized carbons (Fsp3) is 0.375. The van der Waals surface area contributed by atoms with Crippen molar-refractivity contribution in [3.05, 3.63) is 65.7 Å². The number of aromatic hydroxyl groups is 1. The number of aromatic nitrogens is 2. The van der Waals surface area contributed by atoms with Gasteiger partial charge in [-0.15, -0.1) is 6.42 Å². The van der Waals surface area contributed by atoms with E-state index in [-0.39, 0.29) is 74.1 Å². The summed E-state index contributed by atoms with van der Waals surface area (Å²) in [5.41, 5.74) is -1.70. The first kappa shape index (κ1) is 34.7. The largest absolute Gasteiger partial charge is 0.508 e. The molecule has 1 amide bonds. The van der Waals surface area contributed by atoms with Crippen molar-refractivity contribution in [2.45, 2.75) is 50.6 Å². The monoisotopic (exact) mass is 701 g/mol. The molecule has 0 bridgehead atoms. The van der Waals surface area contributed by atoms with Crippen LogP contribution in [0.5, 0.6) is 11.8 Å². The van der Waals surface area contributed by atoms with Crippen LogP contribution in [0.4, 0.5) is 14.6 Å². The Morgan fingerprint density at radius 1 is 1.17 bits per heavy atom. The molecule has 2 atom stereocenters. The van der Waals surface area contributed by atoms with Crippen molar-refractivity contribution in [3.63, 3.8) is 0 Å². The van der Waals surface area contributed by atoms with E-state index in [1.54, 1.807) is 23.8 Å². The van der Waals surface area contributed by atoms with Gasteiger partial charge in [0.05, 0.1) is 40.3 Å². The van der Waals surface area contributed by atoms with E-state index < -0.39 is 23.1 Å². The minimum Gasteiger partial charge on any atom is -0.508 e. The molecule has 1 N–H and O–H groups in total. The number of anilines is 1. The smallest absolute Gasteiger partial charge is 0.319 e. The molecular weight excluding hydrogens is 664 g/mol. The maximum Gasteiger partial charge on any atom is 0.319 e. The molecule has 3 fully saturated rings. The zero-order chi connectivity index (χ0) is 36.9. The molecular formula is C40H37F2N7O3. The van der Waals surface area contributed by atoms with Crippen LogP contribution < -0.4 is 9.64 Å². The standard InChI is InChI=1S/C40H37F2N7O3/c1-5-27-30(41)10-9-24-17-26(50)19-28(33(24)27)34-25(20-43)18-29-36(35(34)42)45-38(52-23-40-11-7-14-48(40)15-8-12-40)46-37(29)47(4)21-31-39(3,22-44)13-16-49(31)32(51)6-2/h1,6,9-10,17-19,31,50H,2,7-8,11-16,21,23H2,3-4H3/t31-,39?/m1/s1. The van der Waals surface area contributed by atoms with Gasteiger partial charge in [-0.25, -0.2) is 8.78 Å². The highest BCUT2D eigenvalue weighted by Gasteiger charge is 2.47. The van der Waals surface area contributed by atoms with Crippen LogP contribution in [0.15, 0.2) is 43.0 Å². The first-order chi connectivity index (χ1) is 25.0. The van der Waals surface area contributed by atoms with E-state index >= 15 is 8.78 Å². The Labute approximate surface area is 300 Å². The molecule has 3 aromatic carbocycles. The number of hydrogen-bond acceptors (Lipinski definition) is 9. The van der Waals surface area contributed by atoms with Gasteiger partial charge in [0, 0.05) is 36.5 Å². The van der Waals surface area contributed by atoms with E-state index in [9.17, 15) is 20.4 Å². The van der Waals surface area contributed by atoms with Crippen molar-refractivity contribution in [2.75, 3.05) is 44.7 Å². The molecule has 264 valence electrons. The van der Waals surface area contributed by atoms with Crippen molar-refractivity contribution in [2.24, 2.45) is 5.41 Å². The topological polar surface area (TPSA) is 130 Å². The number of nitrogens with zero attached hydrogens (tertiary/aromatic N) is 7. The highest BCUT2D eigenvalue weighted by atomic mass is 19.1. The van der Waals surface area contributed by atoms with Gasteiger partial charge >= 0.3 is 6.01 Å². The van der Waals surface area contributed by atoms with Crippen LogP contribution >= 0.6 is 0 Å². The Kier molecular flexibility index (Phi) is 8.72. The first-order valence-corrected chi connectivity index (χ1v) is 17.3. The van der Waals surface area contributed by atoms with Gasteiger partial charge < -0.3 is 19.6 Å². The van der Waals surface area contributed by atoms with E-state index in [0.717, 1.165) is 38.8 Å². The van der Waals surface area contributed by atoms with Crippen LogP contribution in [0, 0.1) is 52.1 Å². The van der Waals surface area contributed by atoms with Crippen LogP contribution in [-0.4, -0.2) is 82.2 Å². The summed E-state index contributed by atoms with van der Waals surface area (Å²) in [6.45, 7) is 8.18. The van der Waals surface area contributed by atoms with Crippen molar-refractivity contribution >= 4 is 33.4 Å². The zero-order valence-corrected chi connectivity index (χ0v) is 29.0. The van der Waals surface area contributed by atoms with Crippen LogP contribution in [0.2, 0.25) is 0 Å². The van der Waals surface area contributed by atoms with Crippen molar-refractivity contribution in [3.8, 4) is 47.4 Å². The number of likely N-dealkylation sites (tertiary alicyclic amines) is 1. The Bertz CT molecular complexity index is 2280. The number of ether oxygens (including phenoxy) is 1. The number of carbonyl (C=O) groups is 1. The van der Waals surface area contributed by atoms with Gasteiger partial charge in [0.1, 0.15) is 29.5 Å². The normalized spacial score (nSPS) is 20.7. The molecule has 10 nitrogen and oxygen atoms in total. The summed E-state index contributed by atoms with van der Waals surface area (Å²) in [6.07, 6.45) is 11.4. The fourth-order valence-electron chi connectivity index (χ4n) is 8.50. The summed E-state index contributed by atoms with van der Waals surface area (Å²) in [5, 5.41) is 32.0. The number of hydrogen-bond donors (Lipinski definition) is 1. The summed E-state index contributed by atoms with van der Waals surface area (Å²) < 4.78 is 38.7. The van der Waals surface area contributed by atoms with E-state index in [0.29, 0.717) is 25.0 Å².